The van der Waals surface area contributed by atoms with E-state index in [1.807, 2.05) is 47.2 Å². The summed E-state index contributed by atoms with van der Waals surface area (Å²) < 4.78 is 1.99. The number of imidazole rings is 2. The first-order chi connectivity index (χ1) is 9.92. The van der Waals surface area contributed by atoms with E-state index in [2.05, 4.69) is 27.1 Å². The van der Waals surface area contributed by atoms with Crippen LogP contribution in [-0.4, -0.2) is 19.5 Å². The summed E-state index contributed by atoms with van der Waals surface area (Å²) in [4.78, 5) is 12.1. The van der Waals surface area contributed by atoms with E-state index in [1.54, 1.807) is 12.5 Å². The average Bonchev–Trinajstić information content (AvgIpc) is 3.16. The molecular weight excluding hydrogens is 248 g/mol. The molecule has 0 saturated carbocycles. The minimum absolute atomic E-state index is 0.871. The van der Waals surface area contributed by atoms with Gasteiger partial charge in [-0.3, -0.25) is 0 Å². The molecule has 4 rings (SSSR count). The third-order valence-electron chi connectivity index (χ3n) is 3.33. The highest BCUT2D eigenvalue weighted by Crippen LogP contribution is 2.26. The van der Waals surface area contributed by atoms with E-state index in [-0.39, 0.29) is 0 Å². The van der Waals surface area contributed by atoms with Gasteiger partial charge in [0.1, 0.15) is 5.82 Å². The lowest BCUT2D eigenvalue weighted by molar-refractivity contribution is 1.05. The van der Waals surface area contributed by atoms with Crippen LogP contribution in [0.3, 0.4) is 0 Å². The Morgan fingerprint density at radius 2 is 1.80 bits per heavy atom. The SMILES string of the molecule is c1ccc(-n2ccnc2)c(-c2nc3ccccc3[nH]2)c1. The topological polar surface area (TPSA) is 46.5 Å². The summed E-state index contributed by atoms with van der Waals surface area (Å²) in [5.74, 6) is 0.871. The fraction of sp³-hybridized carbons (Fsp3) is 0. The maximum Gasteiger partial charge on any atom is 0.140 e. The van der Waals surface area contributed by atoms with Crippen molar-refractivity contribution in [1.29, 1.82) is 0 Å². The molecule has 20 heavy (non-hydrogen) atoms. The standard InChI is InChI=1S/C16H12N4/c1-4-8-15(20-10-9-17-11-20)12(5-1)16-18-13-6-2-3-7-14(13)19-16/h1-11H,(H,18,19). The molecule has 0 amide bonds. The Morgan fingerprint density at radius 1 is 0.950 bits per heavy atom. The van der Waals surface area contributed by atoms with Crippen molar-refractivity contribution in [1.82, 2.24) is 19.5 Å². The molecule has 0 aliphatic heterocycles. The molecule has 4 heteroatoms. The van der Waals surface area contributed by atoms with Crippen LogP contribution in [0.25, 0.3) is 28.1 Å². The summed E-state index contributed by atoms with van der Waals surface area (Å²) in [6.45, 7) is 0. The Bertz CT molecular complexity index is 826. The Morgan fingerprint density at radius 3 is 2.65 bits per heavy atom. The number of aromatic amines is 1. The maximum absolute atomic E-state index is 4.66. The number of nitrogens with zero attached hydrogens (tertiary/aromatic N) is 3. The molecule has 2 aromatic carbocycles. The summed E-state index contributed by atoms with van der Waals surface area (Å²) in [5, 5.41) is 0. The van der Waals surface area contributed by atoms with Gasteiger partial charge < -0.3 is 9.55 Å². The van der Waals surface area contributed by atoms with Gasteiger partial charge in [-0.15, -0.1) is 0 Å². The average molecular weight is 260 g/mol. The molecule has 0 aliphatic rings. The Hall–Kier alpha value is -2.88. The molecule has 96 valence electrons. The van der Waals surface area contributed by atoms with Crippen molar-refractivity contribution in [3.05, 3.63) is 67.3 Å². The van der Waals surface area contributed by atoms with E-state index in [1.165, 1.54) is 0 Å². The second kappa shape index (κ2) is 4.35. The lowest BCUT2D eigenvalue weighted by Gasteiger charge is -2.07. The molecule has 0 radical (unpaired) electrons. The van der Waals surface area contributed by atoms with Gasteiger partial charge in [0, 0.05) is 18.0 Å². The zero-order valence-corrected chi connectivity index (χ0v) is 10.7. The zero-order chi connectivity index (χ0) is 13.4. The zero-order valence-electron chi connectivity index (χ0n) is 10.7. The molecule has 1 N–H and O–H groups in total. The molecule has 0 atom stereocenters. The van der Waals surface area contributed by atoms with Crippen LogP contribution in [0.15, 0.2) is 67.3 Å². The summed E-state index contributed by atoms with van der Waals surface area (Å²) in [5.41, 5.74) is 4.14. The Kier molecular flexibility index (Phi) is 2.39. The van der Waals surface area contributed by atoms with Gasteiger partial charge in [-0.25, -0.2) is 9.97 Å². The number of rotatable bonds is 2. The number of fused-ring (bicyclic) bond motifs is 1. The monoisotopic (exact) mass is 260 g/mol. The molecule has 0 spiro atoms. The molecule has 0 bridgehead atoms. The van der Waals surface area contributed by atoms with Gasteiger partial charge in [0.2, 0.25) is 0 Å². The molecule has 2 aromatic heterocycles. The fourth-order valence-electron chi connectivity index (χ4n) is 2.38. The molecule has 0 aliphatic carbocycles. The van der Waals surface area contributed by atoms with E-state index >= 15 is 0 Å². The number of benzene rings is 2. The summed E-state index contributed by atoms with van der Waals surface area (Å²) in [6, 6.07) is 16.2. The molecule has 4 nitrogen and oxygen atoms in total. The molecule has 2 heterocycles. The second-order valence-electron chi connectivity index (χ2n) is 4.59. The summed E-state index contributed by atoms with van der Waals surface area (Å²) in [6.07, 6.45) is 5.50. The number of para-hydroxylation sites is 3. The van der Waals surface area contributed by atoms with Crippen molar-refractivity contribution < 1.29 is 0 Å². The maximum atomic E-state index is 4.66. The van der Waals surface area contributed by atoms with E-state index in [0.717, 1.165) is 28.1 Å². The Labute approximate surface area is 115 Å². The molecule has 0 saturated heterocycles. The largest absolute Gasteiger partial charge is 0.338 e. The molecule has 0 unspecified atom stereocenters. The van der Waals surface area contributed by atoms with Crippen LogP contribution < -0.4 is 0 Å². The quantitative estimate of drug-likeness (QED) is 0.600. The van der Waals surface area contributed by atoms with Crippen molar-refractivity contribution in [3.63, 3.8) is 0 Å². The highest BCUT2D eigenvalue weighted by Gasteiger charge is 2.10. The normalized spacial score (nSPS) is 11.0. The summed E-state index contributed by atoms with van der Waals surface area (Å²) in [7, 11) is 0. The van der Waals surface area contributed by atoms with Crippen LogP contribution in [0.1, 0.15) is 0 Å². The van der Waals surface area contributed by atoms with E-state index in [4.69, 9.17) is 0 Å². The van der Waals surface area contributed by atoms with Crippen molar-refractivity contribution >= 4 is 11.0 Å². The van der Waals surface area contributed by atoms with Crippen LogP contribution >= 0.6 is 0 Å². The lowest BCUT2D eigenvalue weighted by atomic mass is 10.1. The van der Waals surface area contributed by atoms with Crippen molar-refractivity contribution in [3.8, 4) is 17.1 Å². The van der Waals surface area contributed by atoms with Crippen LogP contribution in [0.4, 0.5) is 0 Å². The van der Waals surface area contributed by atoms with E-state index in [0.29, 0.717) is 0 Å². The van der Waals surface area contributed by atoms with Crippen molar-refractivity contribution in [2.75, 3.05) is 0 Å². The van der Waals surface area contributed by atoms with E-state index < -0.39 is 0 Å². The van der Waals surface area contributed by atoms with Gasteiger partial charge in [-0.05, 0) is 24.3 Å². The number of nitrogens with one attached hydrogen (secondary N) is 1. The van der Waals surface area contributed by atoms with Gasteiger partial charge in [0.25, 0.3) is 0 Å². The third kappa shape index (κ3) is 1.70. The van der Waals surface area contributed by atoms with Gasteiger partial charge in [-0.1, -0.05) is 24.3 Å². The predicted molar refractivity (Wildman–Crippen MR) is 78.7 cm³/mol. The number of aromatic nitrogens is 4. The molecular formula is C16H12N4. The van der Waals surface area contributed by atoms with Crippen molar-refractivity contribution in [2.45, 2.75) is 0 Å². The van der Waals surface area contributed by atoms with E-state index in [9.17, 15) is 0 Å². The number of hydrogen-bond acceptors (Lipinski definition) is 2. The molecule has 0 fully saturated rings. The number of hydrogen-bond donors (Lipinski definition) is 1. The van der Waals surface area contributed by atoms with Crippen LogP contribution in [-0.2, 0) is 0 Å². The third-order valence-corrected chi connectivity index (χ3v) is 3.33. The first kappa shape index (κ1) is 11.0. The Balaban J connectivity index is 1.94. The first-order valence-electron chi connectivity index (χ1n) is 6.44. The first-order valence-corrected chi connectivity index (χ1v) is 6.44. The molecule has 4 aromatic rings. The van der Waals surface area contributed by atoms with Gasteiger partial charge in [0.05, 0.1) is 23.0 Å². The smallest absolute Gasteiger partial charge is 0.140 e. The number of H-pyrrole nitrogens is 1. The van der Waals surface area contributed by atoms with Gasteiger partial charge in [-0.2, -0.15) is 0 Å². The van der Waals surface area contributed by atoms with Gasteiger partial charge >= 0.3 is 0 Å². The van der Waals surface area contributed by atoms with Crippen LogP contribution in [0.2, 0.25) is 0 Å². The summed E-state index contributed by atoms with van der Waals surface area (Å²) >= 11 is 0. The van der Waals surface area contributed by atoms with Gasteiger partial charge in [0.15, 0.2) is 0 Å². The minimum Gasteiger partial charge on any atom is -0.338 e. The van der Waals surface area contributed by atoms with Crippen LogP contribution in [0.5, 0.6) is 0 Å². The highest BCUT2D eigenvalue weighted by atomic mass is 15.0. The predicted octanol–water partition coefficient (Wildman–Crippen LogP) is 3.42. The van der Waals surface area contributed by atoms with Crippen LogP contribution in [0, 0.1) is 0 Å². The lowest BCUT2D eigenvalue weighted by Crippen LogP contribution is -1.94. The fourth-order valence-corrected chi connectivity index (χ4v) is 2.38. The van der Waals surface area contributed by atoms with Crippen molar-refractivity contribution in [2.24, 2.45) is 0 Å². The minimum atomic E-state index is 0.871. The highest BCUT2D eigenvalue weighted by molar-refractivity contribution is 5.81. The second-order valence-corrected chi connectivity index (χ2v) is 4.59.